The first-order chi connectivity index (χ1) is 12.7. The molecule has 26 heavy (non-hydrogen) atoms. The molecule has 1 saturated heterocycles. The van der Waals surface area contributed by atoms with Gasteiger partial charge in [-0.25, -0.2) is 4.98 Å². The highest BCUT2D eigenvalue weighted by molar-refractivity contribution is 7.18. The quantitative estimate of drug-likeness (QED) is 0.506. The second kappa shape index (κ2) is 7.25. The molecule has 0 saturated carbocycles. The molecular weight excluding hydrogens is 348 g/mol. The summed E-state index contributed by atoms with van der Waals surface area (Å²) < 4.78 is 6.57. The molecule has 132 valence electrons. The number of aromatic nitrogens is 1. The van der Waals surface area contributed by atoms with Crippen LogP contribution in [0.3, 0.4) is 0 Å². The fourth-order valence-corrected chi connectivity index (χ4v) is 4.02. The van der Waals surface area contributed by atoms with Gasteiger partial charge in [0, 0.05) is 31.1 Å². The summed E-state index contributed by atoms with van der Waals surface area (Å²) in [4.78, 5) is 30.3. The molecule has 1 aliphatic rings. The molecule has 0 aliphatic carbocycles. The number of para-hydroxylation sites is 1. The molecule has 1 aliphatic heterocycles. The number of carbonyl (C=O) groups is 2. The summed E-state index contributed by atoms with van der Waals surface area (Å²) in [6.07, 6.45) is 2.27. The summed E-state index contributed by atoms with van der Waals surface area (Å²) in [6, 6.07) is 15.1. The van der Waals surface area contributed by atoms with Crippen molar-refractivity contribution >= 4 is 39.1 Å². The normalized spacial score (nSPS) is 14.2. The van der Waals surface area contributed by atoms with Crippen molar-refractivity contribution in [3.8, 4) is 5.75 Å². The number of aryl methyl sites for hydroxylation is 1. The summed E-state index contributed by atoms with van der Waals surface area (Å²) >= 11 is 1.60. The minimum absolute atomic E-state index is 0.115. The standard InChI is InChI=1S/C20H18N2O3S/c23-19-9-4-12-22(19)14-5-3-6-15(13-14)25-20(24)11-10-18-21-16-7-1-2-8-17(16)26-18/h1-3,5-8,13H,4,9-12H2. The van der Waals surface area contributed by atoms with Crippen LogP contribution in [-0.4, -0.2) is 23.4 Å². The Morgan fingerprint density at radius 2 is 2.08 bits per heavy atom. The average Bonchev–Trinajstić information content (AvgIpc) is 3.25. The highest BCUT2D eigenvalue weighted by Crippen LogP contribution is 2.26. The van der Waals surface area contributed by atoms with Crippen molar-refractivity contribution in [1.82, 2.24) is 4.98 Å². The van der Waals surface area contributed by atoms with Gasteiger partial charge in [0.2, 0.25) is 5.91 Å². The Morgan fingerprint density at radius 1 is 1.19 bits per heavy atom. The third kappa shape index (κ3) is 3.60. The maximum atomic E-state index is 12.2. The number of hydrogen-bond donors (Lipinski definition) is 0. The zero-order valence-corrected chi connectivity index (χ0v) is 15.0. The number of amides is 1. The first kappa shape index (κ1) is 16.7. The second-order valence-corrected chi connectivity index (χ2v) is 7.31. The zero-order valence-electron chi connectivity index (χ0n) is 14.2. The van der Waals surface area contributed by atoms with E-state index in [1.807, 2.05) is 30.3 Å². The summed E-state index contributed by atoms with van der Waals surface area (Å²) in [6.45, 7) is 0.716. The molecule has 0 radical (unpaired) electrons. The van der Waals surface area contributed by atoms with Crippen LogP contribution in [0.15, 0.2) is 48.5 Å². The van der Waals surface area contributed by atoms with E-state index in [9.17, 15) is 9.59 Å². The fraction of sp³-hybridized carbons (Fsp3) is 0.250. The lowest BCUT2D eigenvalue weighted by Gasteiger charge is -2.16. The lowest BCUT2D eigenvalue weighted by atomic mass is 10.2. The molecular formula is C20H18N2O3S. The minimum atomic E-state index is -0.297. The van der Waals surface area contributed by atoms with Crippen LogP contribution in [0.1, 0.15) is 24.3 Å². The number of thiazole rings is 1. The molecule has 3 aromatic rings. The van der Waals surface area contributed by atoms with Gasteiger partial charge in [-0.3, -0.25) is 9.59 Å². The number of benzene rings is 2. The van der Waals surface area contributed by atoms with Gasteiger partial charge in [0.1, 0.15) is 5.75 Å². The van der Waals surface area contributed by atoms with Crippen molar-refractivity contribution in [2.24, 2.45) is 0 Å². The number of nitrogens with zero attached hydrogens (tertiary/aromatic N) is 2. The largest absolute Gasteiger partial charge is 0.426 e. The zero-order chi connectivity index (χ0) is 17.9. The molecule has 0 N–H and O–H groups in total. The molecule has 0 spiro atoms. The molecule has 0 unspecified atom stereocenters. The van der Waals surface area contributed by atoms with Crippen molar-refractivity contribution in [2.75, 3.05) is 11.4 Å². The number of ether oxygens (including phenoxy) is 1. The van der Waals surface area contributed by atoms with Crippen LogP contribution < -0.4 is 9.64 Å². The Kier molecular flexibility index (Phi) is 4.67. The molecule has 1 aromatic heterocycles. The van der Waals surface area contributed by atoms with E-state index in [2.05, 4.69) is 4.98 Å². The molecule has 6 heteroatoms. The van der Waals surface area contributed by atoms with Gasteiger partial charge < -0.3 is 9.64 Å². The van der Waals surface area contributed by atoms with E-state index < -0.39 is 0 Å². The number of fused-ring (bicyclic) bond motifs is 1. The number of hydrogen-bond acceptors (Lipinski definition) is 5. The molecule has 2 heterocycles. The lowest BCUT2D eigenvalue weighted by molar-refractivity contribution is -0.134. The van der Waals surface area contributed by atoms with Crippen LogP contribution in [0.4, 0.5) is 5.69 Å². The second-order valence-electron chi connectivity index (χ2n) is 6.20. The van der Waals surface area contributed by atoms with Crippen LogP contribution in [0, 0.1) is 0 Å². The van der Waals surface area contributed by atoms with Gasteiger partial charge in [0.15, 0.2) is 0 Å². The molecule has 1 fully saturated rings. The molecule has 5 nitrogen and oxygen atoms in total. The van der Waals surface area contributed by atoms with Crippen molar-refractivity contribution in [3.05, 3.63) is 53.5 Å². The smallest absolute Gasteiger partial charge is 0.311 e. The van der Waals surface area contributed by atoms with E-state index in [-0.39, 0.29) is 18.3 Å². The van der Waals surface area contributed by atoms with E-state index in [0.717, 1.165) is 27.3 Å². The third-order valence-corrected chi connectivity index (χ3v) is 5.41. The van der Waals surface area contributed by atoms with Crippen molar-refractivity contribution in [1.29, 1.82) is 0 Å². The predicted octanol–water partition coefficient (Wildman–Crippen LogP) is 3.96. The minimum Gasteiger partial charge on any atom is -0.426 e. The average molecular weight is 366 g/mol. The maximum absolute atomic E-state index is 12.2. The highest BCUT2D eigenvalue weighted by atomic mass is 32.1. The van der Waals surface area contributed by atoms with Crippen molar-refractivity contribution < 1.29 is 14.3 Å². The van der Waals surface area contributed by atoms with Gasteiger partial charge in [-0.1, -0.05) is 18.2 Å². The monoisotopic (exact) mass is 366 g/mol. The Balaban J connectivity index is 1.38. The molecule has 0 atom stereocenters. The molecule has 1 amide bonds. The molecule has 2 aromatic carbocycles. The molecule has 4 rings (SSSR count). The van der Waals surface area contributed by atoms with Crippen LogP contribution in [0.2, 0.25) is 0 Å². The number of esters is 1. The van der Waals surface area contributed by atoms with E-state index in [1.54, 1.807) is 34.4 Å². The van der Waals surface area contributed by atoms with Gasteiger partial charge in [0.25, 0.3) is 0 Å². The lowest BCUT2D eigenvalue weighted by Crippen LogP contribution is -2.23. The van der Waals surface area contributed by atoms with Gasteiger partial charge in [-0.2, -0.15) is 0 Å². The van der Waals surface area contributed by atoms with Crippen LogP contribution >= 0.6 is 11.3 Å². The van der Waals surface area contributed by atoms with Gasteiger partial charge in [0.05, 0.1) is 21.6 Å². The van der Waals surface area contributed by atoms with Crippen molar-refractivity contribution in [3.63, 3.8) is 0 Å². The number of anilines is 1. The molecule has 0 bridgehead atoms. The first-order valence-electron chi connectivity index (χ1n) is 8.64. The third-order valence-electron chi connectivity index (χ3n) is 4.32. The van der Waals surface area contributed by atoms with E-state index in [0.29, 0.717) is 25.1 Å². The number of rotatable bonds is 5. The summed E-state index contributed by atoms with van der Waals surface area (Å²) in [7, 11) is 0. The van der Waals surface area contributed by atoms with Gasteiger partial charge in [-0.05, 0) is 30.7 Å². The Bertz CT molecular complexity index is 933. The fourth-order valence-electron chi connectivity index (χ4n) is 3.05. The van der Waals surface area contributed by atoms with Crippen molar-refractivity contribution in [2.45, 2.75) is 25.7 Å². The van der Waals surface area contributed by atoms with E-state index in [1.165, 1.54) is 0 Å². The maximum Gasteiger partial charge on any atom is 0.311 e. The Labute approximate surface area is 155 Å². The van der Waals surface area contributed by atoms with Crippen LogP contribution in [-0.2, 0) is 16.0 Å². The van der Waals surface area contributed by atoms with E-state index in [4.69, 9.17) is 4.74 Å². The van der Waals surface area contributed by atoms with Crippen LogP contribution in [0.5, 0.6) is 5.75 Å². The SMILES string of the molecule is O=C(CCc1nc2ccccc2s1)Oc1cccc(N2CCCC2=O)c1. The highest BCUT2D eigenvalue weighted by Gasteiger charge is 2.22. The first-order valence-corrected chi connectivity index (χ1v) is 9.46. The Hall–Kier alpha value is -2.73. The predicted molar refractivity (Wildman–Crippen MR) is 102 cm³/mol. The number of carbonyl (C=O) groups excluding carboxylic acids is 2. The Morgan fingerprint density at radius 3 is 2.88 bits per heavy atom. The van der Waals surface area contributed by atoms with Crippen LogP contribution in [0.25, 0.3) is 10.2 Å². The van der Waals surface area contributed by atoms with Gasteiger partial charge >= 0.3 is 5.97 Å². The summed E-state index contributed by atoms with van der Waals surface area (Å²) in [5, 5.41) is 0.930. The summed E-state index contributed by atoms with van der Waals surface area (Å²) in [5.74, 6) is 0.287. The summed E-state index contributed by atoms with van der Waals surface area (Å²) in [5.41, 5.74) is 1.74. The van der Waals surface area contributed by atoms with Gasteiger partial charge in [-0.15, -0.1) is 11.3 Å². The topological polar surface area (TPSA) is 59.5 Å². The van der Waals surface area contributed by atoms with E-state index >= 15 is 0 Å².